The smallest absolute Gasteiger partial charge is 0.226 e. The zero-order valence-electron chi connectivity index (χ0n) is 11.9. The second kappa shape index (κ2) is 6.05. The molecule has 0 aromatic heterocycles. The summed E-state index contributed by atoms with van der Waals surface area (Å²) < 4.78 is 0. The van der Waals surface area contributed by atoms with Gasteiger partial charge < -0.3 is 4.90 Å². The molecular weight excluding hydrogens is 234 g/mol. The van der Waals surface area contributed by atoms with Crippen molar-refractivity contribution in [3.05, 3.63) is 48.0 Å². The highest BCUT2D eigenvalue weighted by Crippen LogP contribution is 2.27. The minimum absolute atomic E-state index is 0.136. The molecule has 1 aliphatic rings. The van der Waals surface area contributed by atoms with E-state index in [9.17, 15) is 4.79 Å². The van der Waals surface area contributed by atoms with Gasteiger partial charge in [0.15, 0.2) is 0 Å². The maximum absolute atomic E-state index is 12.6. The van der Waals surface area contributed by atoms with E-state index in [1.165, 1.54) is 11.1 Å². The molecule has 0 N–H and O–H groups in total. The van der Waals surface area contributed by atoms with Gasteiger partial charge in [0.1, 0.15) is 0 Å². The maximum Gasteiger partial charge on any atom is 0.226 e. The van der Waals surface area contributed by atoms with E-state index in [-0.39, 0.29) is 17.9 Å². The number of amides is 1. The number of nitrogens with zero attached hydrogens (tertiary/aromatic N) is 1. The van der Waals surface area contributed by atoms with Crippen molar-refractivity contribution in [2.45, 2.75) is 39.2 Å². The van der Waals surface area contributed by atoms with Gasteiger partial charge in [0.2, 0.25) is 5.91 Å². The molecule has 2 nitrogen and oxygen atoms in total. The molecule has 1 atom stereocenters. The van der Waals surface area contributed by atoms with Gasteiger partial charge in [0.05, 0.1) is 0 Å². The van der Waals surface area contributed by atoms with Crippen LogP contribution in [-0.2, 0) is 17.6 Å². The summed E-state index contributed by atoms with van der Waals surface area (Å²) in [5, 5.41) is 0. The standard InChI is InChI=1S/C17H23NO/c1-4-11-18(13(2)3)17(19)16-10-9-14-7-5-6-8-15(14)12-16/h4-8,13,16H,1,9-12H2,2-3H3. The van der Waals surface area contributed by atoms with E-state index in [4.69, 9.17) is 0 Å². The first kappa shape index (κ1) is 13.9. The fourth-order valence-corrected chi connectivity index (χ4v) is 2.84. The molecule has 1 unspecified atom stereocenters. The number of rotatable bonds is 4. The molecular formula is C17H23NO. The third kappa shape index (κ3) is 3.06. The fourth-order valence-electron chi connectivity index (χ4n) is 2.84. The van der Waals surface area contributed by atoms with Crippen molar-refractivity contribution < 1.29 is 4.79 Å². The van der Waals surface area contributed by atoms with Crippen molar-refractivity contribution in [3.63, 3.8) is 0 Å². The minimum Gasteiger partial charge on any atom is -0.336 e. The molecule has 0 saturated heterocycles. The molecule has 0 bridgehead atoms. The first-order chi connectivity index (χ1) is 9.13. The first-order valence-electron chi connectivity index (χ1n) is 7.11. The van der Waals surface area contributed by atoms with Crippen LogP contribution in [0.15, 0.2) is 36.9 Å². The zero-order chi connectivity index (χ0) is 13.8. The number of carbonyl (C=O) groups is 1. The van der Waals surface area contributed by atoms with E-state index in [1.54, 1.807) is 0 Å². The van der Waals surface area contributed by atoms with Crippen LogP contribution in [0.3, 0.4) is 0 Å². The van der Waals surface area contributed by atoms with Crippen molar-refractivity contribution in [2.75, 3.05) is 6.54 Å². The number of hydrogen-bond donors (Lipinski definition) is 0. The number of hydrogen-bond acceptors (Lipinski definition) is 1. The summed E-state index contributed by atoms with van der Waals surface area (Å²) in [6, 6.07) is 8.72. The Balaban J connectivity index is 2.11. The summed E-state index contributed by atoms with van der Waals surface area (Å²) in [6.07, 6.45) is 4.69. The molecule has 0 spiro atoms. The Hall–Kier alpha value is -1.57. The van der Waals surface area contributed by atoms with Crippen LogP contribution in [0.1, 0.15) is 31.4 Å². The lowest BCUT2D eigenvalue weighted by Crippen LogP contribution is -2.42. The summed E-state index contributed by atoms with van der Waals surface area (Å²) in [4.78, 5) is 14.6. The fraction of sp³-hybridized carbons (Fsp3) is 0.471. The predicted molar refractivity (Wildman–Crippen MR) is 79.0 cm³/mol. The van der Waals surface area contributed by atoms with E-state index in [0.29, 0.717) is 6.54 Å². The highest BCUT2D eigenvalue weighted by atomic mass is 16.2. The SMILES string of the molecule is C=CCN(C(=O)C1CCc2ccccc2C1)C(C)C. The van der Waals surface area contributed by atoms with E-state index in [1.807, 2.05) is 11.0 Å². The molecule has 0 heterocycles. The minimum atomic E-state index is 0.136. The Morgan fingerprint density at radius 3 is 2.74 bits per heavy atom. The van der Waals surface area contributed by atoms with Crippen molar-refractivity contribution in [3.8, 4) is 0 Å². The molecule has 102 valence electrons. The number of carbonyl (C=O) groups excluding carboxylic acids is 1. The third-order valence-electron chi connectivity index (χ3n) is 3.93. The van der Waals surface area contributed by atoms with Gasteiger partial charge in [-0.1, -0.05) is 30.3 Å². The van der Waals surface area contributed by atoms with Crippen molar-refractivity contribution >= 4 is 5.91 Å². The number of aryl methyl sites for hydroxylation is 1. The van der Waals surface area contributed by atoms with Crippen LogP contribution in [0, 0.1) is 5.92 Å². The summed E-state index contributed by atoms with van der Waals surface area (Å²) in [5.41, 5.74) is 2.75. The lowest BCUT2D eigenvalue weighted by Gasteiger charge is -2.32. The molecule has 0 aliphatic heterocycles. The van der Waals surface area contributed by atoms with Crippen molar-refractivity contribution in [1.82, 2.24) is 4.90 Å². The lowest BCUT2D eigenvalue weighted by molar-refractivity contribution is -0.137. The summed E-state index contributed by atoms with van der Waals surface area (Å²) in [5.74, 6) is 0.418. The second-order valence-corrected chi connectivity index (χ2v) is 5.58. The summed E-state index contributed by atoms with van der Waals surface area (Å²) >= 11 is 0. The van der Waals surface area contributed by atoms with Gasteiger partial charge in [0.25, 0.3) is 0 Å². The first-order valence-corrected chi connectivity index (χ1v) is 7.11. The highest BCUT2D eigenvalue weighted by molar-refractivity contribution is 5.80. The van der Waals surface area contributed by atoms with Crippen LogP contribution in [0.2, 0.25) is 0 Å². The van der Waals surface area contributed by atoms with E-state index in [2.05, 4.69) is 44.7 Å². The summed E-state index contributed by atoms with van der Waals surface area (Å²) in [6.45, 7) is 8.54. The molecule has 1 amide bonds. The van der Waals surface area contributed by atoms with Crippen LogP contribution in [0.5, 0.6) is 0 Å². The average Bonchev–Trinajstić information content (AvgIpc) is 2.43. The monoisotopic (exact) mass is 257 g/mol. The Morgan fingerprint density at radius 1 is 1.42 bits per heavy atom. The predicted octanol–water partition coefficient (Wildman–Crippen LogP) is 3.21. The Kier molecular flexibility index (Phi) is 4.41. The molecule has 2 rings (SSSR count). The van der Waals surface area contributed by atoms with E-state index >= 15 is 0 Å². The molecule has 1 aromatic carbocycles. The molecule has 0 fully saturated rings. The van der Waals surface area contributed by atoms with Crippen molar-refractivity contribution in [1.29, 1.82) is 0 Å². The van der Waals surface area contributed by atoms with Crippen LogP contribution >= 0.6 is 0 Å². The van der Waals surface area contributed by atoms with Gasteiger partial charge >= 0.3 is 0 Å². The highest BCUT2D eigenvalue weighted by Gasteiger charge is 2.28. The summed E-state index contributed by atoms with van der Waals surface area (Å²) in [7, 11) is 0. The van der Waals surface area contributed by atoms with E-state index in [0.717, 1.165) is 19.3 Å². The van der Waals surface area contributed by atoms with Crippen molar-refractivity contribution in [2.24, 2.45) is 5.92 Å². The third-order valence-corrected chi connectivity index (χ3v) is 3.93. The second-order valence-electron chi connectivity index (χ2n) is 5.58. The molecule has 0 saturated carbocycles. The lowest BCUT2D eigenvalue weighted by atomic mass is 9.83. The van der Waals surface area contributed by atoms with E-state index < -0.39 is 0 Å². The van der Waals surface area contributed by atoms with Gasteiger partial charge in [-0.25, -0.2) is 0 Å². The largest absolute Gasteiger partial charge is 0.336 e. The van der Waals surface area contributed by atoms with Gasteiger partial charge in [-0.2, -0.15) is 0 Å². The Morgan fingerprint density at radius 2 is 2.11 bits per heavy atom. The normalized spacial score (nSPS) is 17.9. The van der Waals surface area contributed by atoms with Gasteiger partial charge in [-0.05, 0) is 44.2 Å². The van der Waals surface area contributed by atoms with Crippen LogP contribution < -0.4 is 0 Å². The Labute approximate surface area is 116 Å². The van der Waals surface area contributed by atoms with Crippen LogP contribution in [0.25, 0.3) is 0 Å². The van der Waals surface area contributed by atoms with Gasteiger partial charge in [0, 0.05) is 18.5 Å². The number of fused-ring (bicyclic) bond motifs is 1. The van der Waals surface area contributed by atoms with Crippen LogP contribution in [0.4, 0.5) is 0 Å². The van der Waals surface area contributed by atoms with Gasteiger partial charge in [-0.3, -0.25) is 4.79 Å². The molecule has 1 aromatic rings. The van der Waals surface area contributed by atoms with Crippen LogP contribution in [-0.4, -0.2) is 23.4 Å². The topological polar surface area (TPSA) is 20.3 Å². The quantitative estimate of drug-likeness (QED) is 0.758. The van der Waals surface area contributed by atoms with Gasteiger partial charge in [-0.15, -0.1) is 6.58 Å². The average molecular weight is 257 g/mol. The molecule has 19 heavy (non-hydrogen) atoms. The number of benzene rings is 1. The molecule has 0 radical (unpaired) electrons. The molecule has 1 aliphatic carbocycles. The maximum atomic E-state index is 12.6. The molecule has 2 heteroatoms. The Bertz CT molecular complexity index is 464. The zero-order valence-corrected chi connectivity index (χ0v) is 11.9.